The molecule has 3 saturated carbocycles. The number of nitrogens with zero attached hydrogens (tertiary/aromatic N) is 2. The van der Waals surface area contributed by atoms with E-state index in [0.29, 0.717) is 17.2 Å². The minimum absolute atomic E-state index is 0.0251. The maximum atomic E-state index is 7.22. The average molecular weight is 195 g/mol. The number of aryl methyl sites for hydroxylation is 1. The number of hydrogen-bond acceptors (Lipinski definition) is 3. The summed E-state index contributed by atoms with van der Waals surface area (Å²) in [6.07, 6.45) is 3.24. The van der Waals surface area contributed by atoms with Gasteiger partial charge >= 0.3 is 0 Å². The van der Waals surface area contributed by atoms with Crippen molar-refractivity contribution >= 4 is 0 Å². The first kappa shape index (κ1) is 5.89. The summed E-state index contributed by atoms with van der Waals surface area (Å²) in [4.78, 5) is 4.06. The molecule has 0 radical (unpaired) electrons. The normalized spacial score (nSPS) is 43.5. The van der Waals surface area contributed by atoms with Crippen LogP contribution >= 0.6 is 0 Å². The molecule has 3 fully saturated rings. The lowest BCUT2D eigenvalue weighted by atomic mass is 9.32. The van der Waals surface area contributed by atoms with Crippen molar-refractivity contribution in [2.24, 2.45) is 11.3 Å². The first-order valence-corrected chi connectivity index (χ1v) is 5.12. The van der Waals surface area contributed by atoms with E-state index in [2.05, 4.69) is 24.0 Å². The Labute approximate surface area is 88.1 Å². The third-order valence-corrected chi connectivity index (χ3v) is 4.20. The fraction of sp³-hybridized carbons (Fsp3) is 0.818. The standard InChI is InChI=1S/C11H16N2O/c1-7(2)10-4-11(5-10,6-10)9-12-8(3)14-13-9/h7H,4-6H2,1-3H3/i3D3. The van der Waals surface area contributed by atoms with Crippen molar-refractivity contribution in [3.8, 4) is 0 Å². The van der Waals surface area contributed by atoms with Crippen molar-refractivity contribution in [2.75, 3.05) is 0 Å². The fourth-order valence-corrected chi connectivity index (χ4v) is 3.15. The molecule has 3 aliphatic rings. The summed E-state index contributed by atoms with van der Waals surface area (Å²) in [6, 6.07) is 0. The molecule has 0 saturated heterocycles. The van der Waals surface area contributed by atoms with Crippen molar-refractivity contribution in [1.82, 2.24) is 10.1 Å². The van der Waals surface area contributed by atoms with Crippen LogP contribution in [0.25, 0.3) is 0 Å². The van der Waals surface area contributed by atoms with Crippen LogP contribution in [0, 0.1) is 18.2 Å². The van der Waals surface area contributed by atoms with Crippen LogP contribution in [0.4, 0.5) is 0 Å². The molecule has 0 unspecified atom stereocenters. The van der Waals surface area contributed by atoms with Gasteiger partial charge in [0.25, 0.3) is 0 Å². The van der Waals surface area contributed by atoms with Gasteiger partial charge in [0.05, 0.1) is 0 Å². The highest BCUT2D eigenvalue weighted by molar-refractivity contribution is 5.30. The minimum atomic E-state index is -2.29. The van der Waals surface area contributed by atoms with Gasteiger partial charge in [-0.15, -0.1) is 0 Å². The van der Waals surface area contributed by atoms with E-state index in [1.807, 2.05) is 0 Å². The first-order chi connectivity index (χ1) is 7.78. The van der Waals surface area contributed by atoms with Crippen LogP contribution < -0.4 is 0 Å². The quantitative estimate of drug-likeness (QED) is 0.727. The van der Waals surface area contributed by atoms with E-state index in [0.717, 1.165) is 19.3 Å². The molecule has 76 valence electrons. The lowest BCUT2D eigenvalue weighted by Gasteiger charge is -2.71. The Kier molecular flexibility index (Phi) is 0.927. The van der Waals surface area contributed by atoms with Crippen molar-refractivity contribution in [2.45, 2.75) is 45.4 Å². The highest BCUT2D eigenvalue weighted by Gasteiger charge is 2.71. The second-order valence-corrected chi connectivity index (χ2v) is 5.25. The molecule has 3 heteroatoms. The Morgan fingerprint density at radius 1 is 1.43 bits per heavy atom. The molecule has 14 heavy (non-hydrogen) atoms. The Bertz CT molecular complexity index is 444. The van der Waals surface area contributed by atoms with Gasteiger partial charge in [-0.3, -0.25) is 0 Å². The van der Waals surface area contributed by atoms with Crippen molar-refractivity contribution in [3.05, 3.63) is 11.7 Å². The van der Waals surface area contributed by atoms with Crippen LogP contribution in [-0.2, 0) is 5.41 Å². The fourth-order valence-electron chi connectivity index (χ4n) is 3.15. The molecule has 3 nitrogen and oxygen atoms in total. The van der Waals surface area contributed by atoms with Gasteiger partial charge in [-0.05, 0) is 30.6 Å². The Morgan fingerprint density at radius 2 is 2.14 bits per heavy atom. The summed E-state index contributed by atoms with van der Waals surface area (Å²) in [5.74, 6) is 1.06. The molecule has 0 aromatic carbocycles. The molecule has 1 heterocycles. The van der Waals surface area contributed by atoms with Gasteiger partial charge in [0, 0.05) is 16.4 Å². The van der Waals surface area contributed by atoms with Gasteiger partial charge in [-0.25, -0.2) is 0 Å². The SMILES string of the molecule is [2H]C([2H])([2H])c1nc(C23CC(C(C)C)(C2)C3)no1. The van der Waals surface area contributed by atoms with Crippen LogP contribution in [0.5, 0.6) is 0 Å². The summed E-state index contributed by atoms with van der Waals surface area (Å²) in [6.45, 7) is 2.20. The monoisotopic (exact) mass is 195 g/mol. The second-order valence-electron chi connectivity index (χ2n) is 5.25. The maximum absolute atomic E-state index is 7.22. The number of aromatic nitrogens is 2. The highest BCUT2D eigenvalue weighted by Crippen LogP contribution is 2.75. The van der Waals surface area contributed by atoms with Gasteiger partial charge in [0.15, 0.2) is 5.82 Å². The van der Waals surface area contributed by atoms with Crippen LogP contribution in [0.2, 0.25) is 0 Å². The van der Waals surface area contributed by atoms with Gasteiger partial charge in [0.2, 0.25) is 5.89 Å². The Balaban J connectivity index is 1.79. The summed E-state index contributed by atoms with van der Waals surface area (Å²) in [5.41, 5.74) is 0.484. The highest BCUT2D eigenvalue weighted by atomic mass is 16.5. The summed E-state index contributed by atoms with van der Waals surface area (Å²) >= 11 is 0. The van der Waals surface area contributed by atoms with Crippen LogP contribution in [-0.4, -0.2) is 10.1 Å². The van der Waals surface area contributed by atoms with Crippen molar-refractivity contribution < 1.29 is 8.64 Å². The molecular weight excluding hydrogens is 176 g/mol. The van der Waals surface area contributed by atoms with E-state index in [1.54, 1.807) is 0 Å². The molecule has 0 atom stereocenters. The molecule has 0 spiro atoms. The lowest BCUT2D eigenvalue weighted by Crippen LogP contribution is -2.67. The molecule has 0 aliphatic heterocycles. The van der Waals surface area contributed by atoms with Gasteiger partial charge < -0.3 is 4.52 Å². The molecule has 3 aliphatic carbocycles. The smallest absolute Gasteiger partial charge is 0.223 e. The third kappa shape index (κ3) is 0.787. The van der Waals surface area contributed by atoms with E-state index < -0.39 is 6.85 Å². The molecule has 1 aromatic heterocycles. The topological polar surface area (TPSA) is 38.9 Å². The summed E-state index contributed by atoms with van der Waals surface area (Å²) in [5, 5.41) is 3.86. The summed E-state index contributed by atoms with van der Waals surface area (Å²) in [7, 11) is 0. The van der Waals surface area contributed by atoms with Crippen LogP contribution in [0.1, 0.15) is 48.9 Å². The van der Waals surface area contributed by atoms with Gasteiger partial charge in [0.1, 0.15) is 0 Å². The summed E-state index contributed by atoms with van der Waals surface area (Å²) < 4.78 is 26.5. The third-order valence-electron chi connectivity index (χ3n) is 4.20. The zero-order chi connectivity index (χ0) is 12.5. The predicted molar refractivity (Wildman–Crippen MR) is 51.8 cm³/mol. The second kappa shape index (κ2) is 2.20. The van der Waals surface area contributed by atoms with Crippen LogP contribution in [0.3, 0.4) is 0 Å². The van der Waals surface area contributed by atoms with E-state index >= 15 is 0 Å². The average Bonchev–Trinajstić information content (AvgIpc) is 2.45. The molecular formula is C11H16N2O. The molecule has 0 amide bonds. The van der Waals surface area contributed by atoms with E-state index in [9.17, 15) is 0 Å². The van der Waals surface area contributed by atoms with E-state index in [1.165, 1.54) is 0 Å². The van der Waals surface area contributed by atoms with Gasteiger partial charge in [-0.2, -0.15) is 4.98 Å². The van der Waals surface area contributed by atoms with Crippen molar-refractivity contribution in [3.63, 3.8) is 0 Å². The van der Waals surface area contributed by atoms with Crippen molar-refractivity contribution in [1.29, 1.82) is 0 Å². The van der Waals surface area contributed by atoms with E-state index in [-0.39, 0.29) is 11.3 Å². The van der Waals surface area contributed by atoms with E-state index in [4.69, 9.17) is 8.64 Å². The molecule has 1 aromatic rings. The van der Waals surface area contributed by atoms with Crippen LogP contribution in [0.15, 0.2) is 4.52 Å². The van der Waals surface area contributed by atoms with Gasteiger partial charge in [-0.1, -0.05) is 19.0 Å². The molecule has 4 rings (SSSR count). The minimum Gasteiger partial charge on any atom is -0.340 e. The Hall–Kier alpha value is -0.860. The lowest BCUT2D eigenvalue weighted by molar-refractivity contribution is -0.177. The number of rotatable bonds is 2. The molecule has 0 N–H and O–H groups in total. The predicted octanol–water partition coefficient (Wildman–Crippen LogP) is 2.46. The zero-order valence-electron chi connectivity index (χ0n) is 11.5. The first-order valence-electron chi connectivity index (χ1n) is 6.62. The molecule has 2 bridgehead atoms. The number of hydrogen-bond donors (Lipinski definition) is 0. The maximum Gasteiger partial charge on any atom is 0.223 e. The largest absolute Gasteiger partial charge is 0.340 e. The zero-order valence-corrected chi connectivity index (χ0v) is 8.50. The Morgan fingerprint density at radius 3 is 2.64 bits per heavy atom.